The Hall–Kier alpha value is -1.76. The number of benzene rings is 1. The first-order valence-electron chi connectivity index (χ1n) is 6.03. The van der Waals surface area contributed by atoms with Crippen LogP contribution in [0.3, 0.4) is 0 Å². The highest BCUT2D eigenvalue weighted by Crippen LogP contribution is 2.32. The van der Waals surface area contributed by atoms with E-state index in [1.807, 2.05) is 24.3 Å². The van der Waals surface area contributed by atoms with Gasteiger partial charge in [-0.1, -0.05) is 28.1 Å². The van der Waals surface area contributed by atoms with Gasteiger partial charge in [-0.15, -0.1) is 0 Å². The van der Waals surface area contributed by atoms with Gasteiger partial charge in [-0.05, 0) is 23.8 Å². The fourth-order valence-electron chi connectivity index (χ4n) is 1.61. The van der Waals surface area contributed by atoms with E-state index in [1.54, 1.807) is 0 Å². The average molecular weight is 361 g/mol. The maximum Gasteiger partial charge on any atom is 0.416 e. The Morgan fingerprint density at radius 1 is 1.19 bits per heavy atom. The van der Waals surface area contributed by atoms with E-state index in [0.717, 1.165) is 22.2 Å². The summed E-state index contributed by atoms with van der Waals surface area (Å²) < 4.78 is 44.6. The molecule has 0 saturated carbocycles. The predicted octanol–water partition coefficient (Wildman–Crippen LogP) is 4.48. The Morgan fingerprint density at radius 2 is 1.86 bits per heavy atom. The molecule has 2 rings (SSSR count). The lowest BCUT2D eigenvalue weighted by Gasteiger charge is -2.12. The van der Waals surface area contributed by atoms with E-state index in [2.05, 4.69) is 26.2 Å². The summed E-state index contributed by atoms with van der Waals surface area (Å²) in [7, 11) is 1.50. The highest BCUT2D eigenvalue weighted by Gasteiger charge is 2.31. The van der Waals surface area contributed by atoms with Crippen molar-refractivity contribution in [3.05, 3.63) is 52.0 Å². The Morgan fingerprint density at radius 3 is 2.43 bits per heavy atom. The van der Waals surface area contributed by atoms with Gasteiger partial charge in [0.05, 0.1) is 5.56 Å². The summed E-state index contributed by atoms with van der Waals surface area (Å²) in [5, 5.41) is 2.59. The lowest BCUT2D eigenvalue weighted by molar-refractivity contribution is -0.137. The van der Waals surface area contributed by atoms with E-state index in [-0.39, 0.29) is 18.3 Å². The van der Waals surface area contributed by atoms with E-state index in [9.17, 15) is 13.2 Å². The van der Waals surface area contributed by atoms with Gasteiger partial charge < -0.3 is 10.1 Å². The third kappa shape index (κ3) is 4.35. The van der Waals surface area contributed by atoms with Crippen molar-refractivity contribution in [1.29, 1.82) is 0 Å². The molecule has 7 heteroatoms. The van der Waals surface area contributed by atoms with Crippen molar-refractivity contribution < 1.29 is 17.9 Å². The number of hydrogen-bond acceptors (Lipinski definition) is 3. The smallest absolute Gasteiger partial charge is 0.416 e. The van der Waals surface area contributed by atoms with E-state index < -0.39 is 11.7 Å². The van der Waals surface area contributed by atoms with Crippen LogP contribution >= 0.6 is 15.9 Å². The van der Waals surface area contributed by atoms with Crippen LogP contribution in [0.2, 0.25) is 0 Å². The van der Waals surface area contributed by atoms with Gasteiger partial charge in [0.25, 0.3) is 0 Å². The molecule has 0 bridgehead atoms. The van der Waals surface area contributed by atoms with Crippen molar-refractivity contribution in [2.24, 2.45) is 0 Å². The Bertz CT molecular complexity index is 615. The molecule has 1 aromatic carbocycles. The molecule has 1 aromatic heterocycles. The lowest BCUT2D eigenvalue weighted by atomic mass is 10.2. The van der Waals surface area contributed by atoms with Crippen LogP contribution < -0.4 is 10.1 Å². The number of alkyl halides is 3. The summed E-state index contributed by atoms with van der Waals surface area (Å²) in [5.41, 5.74) is 0.0380. The third-order valence-electron chi connectivity index (χ3n) is 2.69. The van der Waals surface area contributed by atoms with Crippen LogP contribution in [0.15, 0.2) is 40.9 Å². The molecule has 21 heavy (non-hydrogen) atoms. The summed E-state index contributed by atoms with van der Waals surface area (Å²) in [4.78, 5) is 3.96. The molecule has 1 N–H and O–H groups in total. The molecule has 0 saturated heterocycles. The Kier molecular flexibility index (Phi) is 4.72. The maximum absolute atomic E-state index is 12.8. The molecule has 2 aromatic rings. The van der Waals surface area contributed by atoms with Crippen LogP contribution in [0, 0.1) is 0 Å². The molecule has 3 nitrogen and oxygen atoms in total. The van der Waals surface area contributed by atoms with E-state index in [1.165, 1.54) is 7.05 Å². The third-order valence-corrected chi connectivity index (χ3v) is 3.21. The van der Waals surface area contributed by atoms with Crippen molar-refractivity contribution in [2.45, 2.75) is 12.8 Å². The van der Waals surface area contributed by atoms with Crippen molar-refractivity contribution in [1.82, 2.24) is 4.98 Å². The van der Waals surface area contributed by atoms with Crippen LogP contribution in [-0.2, 0) is 12.8 Å². The van der Waals surface area contributed by atoms with Gasteiger partial charge in [-0.3, -0.25) is 0 Å². The average Bonchev–Trinajstić information content (AvgIpc) is 2.45. The largest absolute Gasteiger partial charge is 0.473 e. The second-order valence-corrected chi connectivity index (χ2v) is 5.16. The minimum Gasteiger partial charge on any atom is -0.473 e. The lowest BCUT2D eigenvalue weighted by Crippen LogP contribution is -2.08. The number of pyridine rings is 1. The van der Waals surface area contributed by atoms with Crippen molar-refractivity contribution in [3.8, 4) is 5.88 Å². The molecule has 0 spiro atoms. The summed E-state index contributed by atoms with van der Waals surface area (Å²) in [6, 6.07) is 9.12. The summed E-state index contributed by atoms with van der Waals surface area (Å²) >= 11 is 3.31. The monoisotopic (exact) mass is 360 g/mol. The van der Waals surface area contributed by atoms with Crippen LogP contribution in [0.1, 0.15) is 11.1 Å². The first kappa shape index (κ1) is 15.6. The normalized spacial score (nSPS) is 11.3. The number of nitrogens with zero attached hydrogens (tertiary/aromatic N) is 1. The van der Waals surface area contributed by atoms with Crippen LogP contribution in [-0.4, -0.2) is 12.0 Å². The SMILES string of the molecule is CNc1cc(C(F)(F)F)cc(OCc2ccc(Br)cc2)n1. The number of rotatable bonds is 4. The fraction of sp³-hybridized carbons (Fsp3) is 0.214. The fourth-order valence-corrected chi connectivity index (χ4v) is 1.87. The highest BCUT2D eigenvalue weighted by atomic mass is 79.9. The second kappa shape index (κ2) is 6.34. The first-order chi connectivity index (χ1) is 9.88. The summed E-state index contributed by atoms with van der Waals surface area (Å²) in [6.07, 6.45) is -4.44. The van der Waals surface area contributed by atoms with Gasteiger partial charge in [-0.2, -0.15) is 18.2 Å². The van der Waals surface area contributed by atoms with Crippen molar-refractivity contribution in [2.75, 3.05) is 12.4 Å². The highest BCUT2D eigenvalue weighted by molar-refractivity contribution is 9.10. The molecule has 0 atom stereocenters. The summed E-state index contributed by atoms with van der Waals surface area (Å²) in [5.74, 6) is 0.0349. The molecular weight excluding hydrogens is 349 g/mol. The molecule has 0 aliphatic heterocycles. The molecule has 112 valence electrons. The molecule has 0 radical (unpaired) electrons. The quantitative estimate of drug-likeness (QED) is 0.872. The standard InChI is InChI=1S/C14H12BrF3N2O/c1-19-12-6-10(14(16,17)18)7-13(20-12)21-8-9-2-4-11(15)5-3-9/h2-7H,8H2,1H3,(H,19,20). The number of anilines is 1. The number of ether oxygens (including phenoxy) is 1. The number of halogens is 4. The summed E-state index contributed by atoms with van der Waals surface area (Å²) in [6.45, 7) is 0.144. The van der Waals surface area contributed by atoms with E-state index in [4.69, 9.17) is 4.74 Å². The molecular formula is C14H12BrF3N2O. The van der Waals surface area contributed by atoms with Gasteiger partial charge in [0.2, 0.25) is 5.88 Å². The zero-order chi connectivity index (χ0) is 15.5. The number of hydrogen-bond donors (Lipinski definition) is 1. The Balaban J connectivity index is 2.17. The molecule has 0 amide bonds. The van der Waals surface area contributed by atoms with Crippen LogP contribution in [0.5, 0.6) is 5.88 Å². The van der Waals surface area contributed by atoms with Gasteiger partial charge in [0.15, 0.2) is 0 Å². The molecule has 0 unspecified atom stereocenters. The number of aromatic nitrogens is 1. The minimum absolute atomic E-state index is 0.0721. The predicted molar refractivity (Wildman–Crippen MR) is 77.3 cm³/mol. The molecule has 1 heterocycles. The zero-order valence-corrected chi connectivity index (χ0v) is 12.6. The van der Waals surface area contributed by atoms with Crippen LogP contribution in [0.4, 0.5) is 19.0 Å². The van der Waals surface area contributed by atoms with Gasteiger partial charge in [-0.25, -0.2) is 0 Å². The van der Waals surface area contributed by atoms with Gasteiger partial charge in [0.1, 0.15) is 12.4 Å². The van der Waals surface area contributed by atoms with Crippen LogP contribution in [0.25, 0.3) is 0 Å². The van der Waals surface area contributed by atoms with Crippen molar-refractivity contribution >= 4 is 21.7 Å². The number of nitrogens with one attached hydrogen (secondary N) is 1. The molecule has 0 aliphatic rings. The van der Waals surface area contributed by atoms with Gasteiger partial charge in [0, 0.05) is 17.6 Å². The van der Waals surface area contributed by atoms with Gasteiger partial charge >= 0.3 is 6.18 Å². The van der Waals surface area contributed by atoms with Crippen molar-refractivity contribution in [3.63, 3.8) is 0 Å². The second-order valence-electron chi connectivity index (χ2n) is 4.24. The van der Waals surface area contributed by atoms with E-state index >= 15 is 0 Å². The molecule has 0 fully saturated rings. The Labute approximate surface area is 128 Å². The maximum atomic E-state index is 12.8. The van der Waals surface area contributed by atoms with E-state index in [0.29, 0.717) is 0 Å². The zero-order valence-electron chi connectivity index (χ0n) is 11.0. The topological polar surface area (TPSA) is 34.1 Å². The molecule has 0 aliphatic carbocycles. The minimum atomic E-state index is -4.44. The first-order valence-corrected chi connectivity index (χ1v) is 6.82.